The molecule has 2 aromatic carbocycles. The third-order valence-electron chi connectivity index (χ3n) is 3.08. The SMILES string of the molecule is O=CC(COCc1ccccc1)COCc1ccccc1. The molecule has 21 heavy (non-hydrogen) atoms. The first kappa shape index (κ1) is 15.4. The summed E-state index contributed by atoms with van der Waals surface area (Å²) < 4.78 is 11.1. The molecule has 0 unspecified atom stereocenters. The standard InChI is InChI=1S/C18H20O3/c19-11-18(14-20-12-16-7-3-1-4-8-16)15-21-13-17-9-5-2-6-10-17/h1-11,18H,12-15H2. The molecule has 110 valence electrons. The van der Waals surface area contributed by atoms with Gasteiger partial charge in [-0.05, 0) is 11.1 Å². The second-order valence-corrected chi connectivity index (χ2v) is 4.90. The Hall–Kier alpha value is -1.97. The molecule has 0 amide bonds. The van der Waals surface area contributed by atoms with E-state index in [1.807, 2.05) is 60.7 Å². The number of carbonyl (C=O) groups is 1. The van der Waals surface area contributed by atoms with Gasteiger partial charge in [-0.25, -0.2) is 0 Å². The van der Waals surface area contributed by atoms with Crippen LogP contribution in [0.25, 0.3) is 0 Å². The van der Waals surface area contributed by atoms with Crippen LogP contribution in [0.1, 0.15) is 11.1 Å². The van der Waals surface area contributed by atoms with E-state index in [2.05, 4.69) is 0 Å². The van der Waals surface area contributed by atoms with Crippen molar-refractivity contribution in [2.45, 2.75) is 13.2 Å². The lowest BCUT2D eigenvalue weighted by atomic mass is 10.2. The summed E-state index contributed by atoms with van der Waals surface area (Å²) in [6.07, 6.45) is 0.899. The highest BCUT2D eigenvalue weighted by atomic mass is 16.5. The van der Waals surface area contributed by atoms with Gasteiger partial charge in [0.15, 0.2) is 0 Å². The van der Waals surface area contributed by atoms with Gasteiger partial charge in [-0.2, -0.15) is 0 Å². The first-order valence-corrected chi connectivity index (χ1v) is 7.07. The Morgan fingerprint density at radius 1 is 0.762 bits per heavy atom. The highest BCUT2D eigenvalue weighted by Gasteiger charge is 2.08. The number of carbonyl (C=O) groups excluding carboxylic acids is 1. The lowest BCUT2D eigenvalue weighted by molar-refractivity contribution is -0.115. The molecule has 3 heteroatoms. The summed E-state index contributed by atoms with van der Waals surface area (Å²) in [4.78, 5) is 11.0. The maximum absolute atomic E-state index is 11.0. The van der Waals surface area contributed by atoms with Gasteiger partial charge in [-0.1, -0.05) is 60.7 Å². The summed E-state index contributed by atoms with van der Waals surface area (Å²) in [5, 5.41) is 0. The quantitative estimate of drug-likeness (QED) is 0.663. The molecule has 0 fully saturated rings. The number of hydrogen-bond donors (Lipinski definition) is 0. The lowest BCUT2D eigenvalue weighted by Crippen LogP contribution is -2.17. The number of ether oxygens (including phenoxy) is 2. The highest BCUT2D eigenvalue weighted by molar-refractivity contribution is 5.53. The van der Waals surface area contributed by atoms with E-state index >= 15 is 0 Å². The minimum atomic E-state index is -0.225. The fourth-order valence-corrected chi connectivity index (χ4v) is 1.93. The molecule has 0 N–H and O–H groups in total. The zero-order valence-electron chi connectivity index (χ0n) is 12.0. The van der Waals surface area contributed by atoms with Crippen molar-refractivity contribution in [2.24, 2.45) is 5.92 Å². The Morgan fingerprint density at radius 3 is 1.57 bits per heavy atom. The molecule has 0 aromatic heterocycles. The minimum absolute atomic E-state index is 0.225. The maximum atomic E-state index is 11.0. The molecule has 0 saturated carbocycles. The fraction of sp³-hybridized carbons (Fsp3) is 0.278. The molecular formula is C18H20O3. The second kappa shape index (κ2) is 9.06. The second-order valence-electron chi connectivity index (χ2n) is 4.90. The molecule has 0 aliphatic rings. The number of benzene rings is 2. The predicted octanol–water partition coefficient (Wildman–Crippen LogP) is 3.24. The number of hydrogen-bond acceptors (Lipinski definition) is 3. The zero-order valence-corrected chi connectivity index (χ0v) is 12.0. The molecular weight excluding hydrogens is 264 g/mol. The van der Waals surface area contributed by atoms with Crippen LogP contribution < -0.4 is 0 Å². The molecule has 0 spiro atoms. The Kier molecular flexibility index (Phi) is 6.65. The summed E-state index contributed by atoms with van der Waals surface area (Å²) >= 11 is 0. The van der Waals surface area contributed by atoms with Gasteiger partial charge in [-0.3, -0.25) is 0 Å². The molecule has 0 aliphatic heterocycles. The molecule has 0 bridgehead atoms. The first-order chi connectivity index (χ1) is 10.4. The highest BCUT2D eigenvalue weighted by Crippen LogP contribution is 2.05. The van der Waals surface area contributed by atoms with Gasteiger partial charge in [-0.15, -0.1) is 0 Å². The van der Waals surface area contributed by atoms with E-state index in [9.17, 15) is 4.79 Å². The van der Waals surface area contributed by atoms with Gasteiger partial charge in [0, 0.05) is 0 Å². The van der Waals surface area contributed by atoms with Crippen LogP contribution in [0.15, 0.2) is 60.7 Å². The van der Waals surface area contributed by atoms with Crippen molar-refractivity contribution in [1.82, 2.24) is 0 Å². The molecule has 0 aliphatic carbocycles. The molecule has 2 aromatic rings. The van der Waals surface area contributed by atoms with Gasteiger partial charge >= 0.3 is 0 Å². The summed E-state index contributed by atoms with van der Waals surface area (Å²) in [5.41, 5.74) is 2.21. The van der Waals surface area contributed by atoms with Crippen molar-refractivity contribution in [3.8, 4) is 0 Å². The van der Waals surface area contributed by atoms with Crippen LogP contribution in [0.4, 0.5) is 0 Å². The van der Waals surface area contributed by atoms with E-state index in [4.69, 9.17) is 9.47 Å². The van der Waals surface area contributed by atoms with Crippen molar-refractivity contribution in [2.75, 3.05) is 13.2 Å². The molecule has 0 atom stereocenters. The number of aldehydes is 1. The van der Waals surface area contributed by atoms with Crippen LogP contribution in [0.5, 0.6) is 0 Å². The van der Waals surface area contributed by atoms with E-state index in [-0.39, 0.29) is 5.92 Å². The first-order valence-electron chi connectivity index (χ1n) is 7.07. The summed E-state index contributed by atoms with van der Waals surface area (Å²) in [5.74, 6) is -0.225. The molecule has 3 nitrogen and oxygen atoms in total. The lowest BCUT2D eigenvalue weighted by Gasteiger charge is -2.12. The Labute approximate surface area is 125 Å². The molecule has 0 saturated heterocycles. The van der Waals surface area contributed by atoms with E-state index in [1.165, 1.54) is 0 Å². The van der Waals surface area contributed by atoms with E-state index in [0.29, 0.717) is 26.4 Å². The average molecular weight is 284 g/mol. The summed E-state index contributed by atoms with van der Waals surface area (Å²) in [6.45, 7) is 1.80. The fourth-order valence-electron chi connectivity index (χ4n) is 1.93. The van der Waals surface area contributed by atoms with E-state index in [1.54, 1.807) is 0 Å². The van der Waals surface area contributed by atoms with Crippen molar-refractivity contribution in [3.63, 3.8) is 0 Å². The predicted molar refractivity (Wildman–Crippen MR) is 81.8 cm³/mol. The average Bonchev–Trinajstić information content (AvgIpc) is 2.55. The van der Waals surface area contributed by atoms with Gasteiger partial charge < -0.3 is 14.3 Å². The van der Waals surface area contributed by atoms with Crippen LogP contribution >= 0.6 is 0 Å². The van der Waals surface area contributed by atoms with Gasteiger partial charge in [0.05, 0.1) is 32.3 Å². The van der Waals surface area contributed by atoms with Crippen LogP contribution in [0, 0.1) is 5.92 Å². The van der Waals surface area contributed by atoms with Gasteiger partial charge in [0.1, 0.15) is 6.29 Å². The summed E-state index contributed by atoms with van der Waals surface area (Å²) in [7, 11) is 0. The van der Waals surface area contributed by atoms with Crippen molar-refractivity contribution >= 4 is 6.29 Å². The molecule has 0 radical (unpaired) electrons. The largest absolute Gasteiger partial charge is 0.376 e. The Morgan fingerprint density at radius 2 is 1.19 bits per heavy atom. The van der Waals surface area contributed by atoms with Gasteiger partial charge in [0.25, 0.3) is 0 Å². The third-order valence-corrected chi connectivity index (χ3v) is 3.08. The van der Waals surface area contributed by atoms with Crippen molar-refractivity contribution in [3.05, 3.63) is 71.8 Å². The van der Waals surface area contributed by atoms with Crippen molar-refractivity contribution < 1.29 is 14.3 Å². The maximum Gasteiger partial charge on any atom is 0.127 e. The Bertz CT molecular complexity index is 465. The van der Waals surface area contributed by atoms with Crippen LogP contribution in [0.2, 0.25) is 0 Å². The molecule has 0 heterocycles. The van der Waals surface area contributed by atoms with Crippen LogP contribution in [-0.4, -0.2) is 19.5 Å². The molecule has 2 rings (SSSR count). The number of rotatable bonds is 9. The third kappa shape index (κ3) is 5.90. The smallest absolute Gasteiger partial charge is 0.127 e. The normalized spacial score (nSPS) is 10.7. The minimum Gasteiger partial charge on any atom is -0.376 e. The summed E-state index contributed by atoms with van der Waals surface area (Å²) in [6, 6.07) is 19.8. The van der Waals surface area contributed by atoms with Crippen molar-refractivity contribution in [1.29, 1.82) is 0 Å². The monoisotopic (exact) mass is 284 g/mol. The zero-order chi connectivity index (χ0) is 14.8. The topological polar surface area (TPSA) is 35.5 Å². The van der Waals surface area contributed by atoms with Gasteiger partial charge in [0.2, 0.25) is 0 Å². The van der Waals surface area contributed by atoms with E-state index in [0.717, 1.165) is 17.4 Å². The van der Waals surface area contributed by atoms with Crippen LogP contribution in [-0.2, 0) is 27.5 Å². The van der Waals surface area contributed by atoms with Crippen LogP contribution in [0.3, 0.4) is 0 Å². The Balaban J connectivity index is 1.65. The van der Waals surface area contributed by atoms with E-state index < -0.39 is 0 Å².